The second-order valence-electron chi connectivity index (χ2n) is 9.60. The number of nitrogens with one attached hydrogen (secondary N) is 1. The number of primary amides is 1. The Balaban J connectivity index is 3.71. The van der Waals surface area contributed by atoms with E-state index in [-0.39, 0.29) is 19.4 Å². The summed E-state index contributed by atoms with van der Waals surface area (Å²) in [6.45, 7) is 0.217. The van der Waals surface area contributed by atoms with Gasteiger partial charge in [0.15, 0.2) is 0 Å². The maximum Gasteiger partial charge on any atom is 0.495 e. The van der Waals surface area contributed by atoms with Gasteiger partial charge in [0, 0.05) is 26.2 Å². The third kappa shape index (κ3) is 11.9. The van der Waals surface area contributed by atoms with Crippen LogP contribution in [-0.4, -0.2) is 94.4 Å². The second kappa shape index (κ2) is 15.4. The van der Waals surface area contributed by atoms with Crippen LogP contribution in [0.1, 0.15) is 19.4 Å². The fourth-order valence-electron chi connectivity index (χ4n) is 2.87. The quantitative estimate of drug-likeness (QED) is 0.0471. The normalized spacial score (nSPS) is 15.9. The van der Waals surface area contributed by atoms with E-state index in [0.29, 0.717) is 0 Å². The fraction of sp³-hybridized carbons (Fsp3) is 0.435. The smallest absolute Gasteiger partial charge is 0.441 e. The monoisotopic (exact) mass is 761 g/mol. The zero-order valence-electron chi connectivity index (χ0n) is 24.9. The number of carbonyl (C=O) groups excluding carboxylic acids is 8. The van der Waals surface area contributed by atoms with Gasteiger partial charge < -0.3 is 30.0 Å². The fourth-order valence-corrected chi connectivity index (χ4v) is 2.87. The Morgan fingerprint density at radius 3 is 1.59 bits per heavy atom. The van der Waals surface area contributed by atoms with Crippen LogP contribution in [0.5, 0.6) is 0 Å². The zero-order chi connectivity index (χ0) is 40.0. The van der Waals surface area contributed by atoms with Gasteiger partial charge in [-0.1, -0.05) is 0 Å². The first-order valence-electron chi connectivity index (χ1n) is 12.5. The standard InChI is InChI=1S/C23H20F9N5O14/c1-18(34,47-15(43)21(24,25)26)12(40)49-20(35,14(42)50-51-17(45)23(30,31)32)10(11(33)39)46-13(41)19(2,48-16(44)22(27,28)29)37-9(38)7-8-3-5-36-6-4-8/h3-6,10H,7,34-35H2,1-2H3,(H2,33,39)(H,37,38)/t10?,18-,19+,20+/m0/s1. The molecule has 0 saturated heterocycles. The molecule has 1 rings (SSSR count). The van der Waals surface area contributed by atoms with E-state index in [1.54, 1.807) is 0 Å². The van der Waals surface area contributed by atoms with Gasteiger partial charge in [-0.15, -0.1) is 0 Å². The van der Waals surface area contributed by atoms with Gasteiger partial charge in [-0.25, -0.2) is 38.5 Å². The van der Waals surface area contributed by atoms with E-state index in [4.69, 9.17) is 17.2 Å². The molecule has 0 aliphatic heterocycles. The summed E-state index contributed by atoms with van der Waals surface area (Å²) in [5, 5.41) is 1.45. The predicted octanol–water partition coefficient (Wildman–Crippen LogP) is -1.50. The minimum Gasteiger partial charge on any atom is -0.441 e. The number of nitrogens with zero attached hydrogens (tertiary/aromatic N) is 1. The minimum atomic E-state index is -5.97. The minimum absolute atomic E-state index is 0.0514. The van der Waals surface area contributed by atoms with Crippen LogP contribution in [0.4, 0.5) is 39.5 Å². The van der Waals surface area contributed by atoms with E-state index in [1.165, 1.54) is 17.4 Å². The molecule has 51 heavy (non-hydrogen) atoms. The number of amides is 2. The topological polar surface area (TPSA) is 295 Å². The molecule has 0 fully saturated rings. The summed E-state index contributed by atoms with van der Waals surface area (Å²) in [7, 11) is 0. The van der Waals surface area contributed by atoms with Crippen molar-refractivity contribution in [1.82, 2.24) is 10.3 Å². The molecule has 2 amide bonds. The van der Waals surface area contributed by atoms with Gasteiger partial charge in [-0.05, 0) is 17.7 Å². The van der Waals surface area contributed by atoms with Gasteiger partial charge in [0.05, 0.1) is 6.42 Å². The van der Waals surface area contributed by atoms with Crippen LogP contribution < -0.4 is 22.5 Å². The Labute approximate surface area is 274 Å². The highest BCUT2D eigenvalue weighted by Gasteiger charge is 2.60. The number of rotatable bonds is 12. The van der Waals surface area contributed by atoms with Crippen molar-refractivity contribution >= 4 is 47.6 Å². The van der Waals surface area contributed by atoms with E-state index >= 15 is 0 Å². The molecule has 0 radical (unpaired) electrons. The maximum absolute atomic E-state index is 13.1. The zero-order valence-corrected chi connectivity index (χ0v) is 24.9. The van der Waals surface area contributed by atoms with Crippen molar-refractivity contribution in [1.29, 1.82) is 0 Å². The number of halogens is 9. The lowest BCUT2D eigenvalue weighted by Crippen LogP contribution is -2.69. The number of esters is 4. The third-order valence-electron chi connectivity index (χ3n) is 5.23. The molecule has 1 heterocycles. The van der Waals surface area contributed by atoms with E-state index in [2.05, 4.69) is 33.7 Å². The van der Waals surface area contributed by atoms with Crippen LogP contribution in [-0.2, 0) is 73.5 Å². The number of carbonyl (C=O) groups is 8. The Kier molecular flexibility index (Phi) is 13.0. The molecular weight excluding hydrogens is 741 g/mol. The summed E-state index contributed by atoms with van der Waals surface area (Å²) < 4.78 is 131. The molecule has 0 aliphatic rings. The van der Waals surface area contributed by atoms with Crippen LogP contribution in [0, 0.1) is 0 Å². The number of hydrogen-bond acceptors (Lipinski definition) is 17. The Bertz CT molecular complexity index is 1550. The number of nitrogens with two attached hydrogens (primary N) is 3. The van der Waals surface area contributed by atoms with Gasteiger partial charge in [0.25, 0.3) is 17.4 Å². The largest absolute Gasteiger partial charge is 0.495 e. The molecule has 0 bridgehead atoms. The molecule has 0 spiro atoms. The van der Waals surface area contributed by atoms with Gasteiger partial charge >= 0.3 is 60.1 Å². The molecule has 284 valence electrons. The van der Waals surface area contributed by atoms with Crippen molar-refractivity contribution in [3.63, 3.8) is 0 Å². The second-order valence-corrected chi connectivity index (χ2v) is 9.60. The van der Waals surface area contributed by atoms with Crippen LogP contribution in [0.2, 0.25) is 0 Å². The summed E-state index contributed by atoms with van der Waals surface area (Å²) >= 11 is 0. The summed E-state index contributed by atoms with van der Waals surface area (Å²) in [6, 6.07) is 2.34. The lowest BCUT2D eigenvalue weighted by Gasteiger charge is -2.35. The van der Waals surface area contributed by atoms with E-state index < -0.39 is 95.9 Å². The molecule has 0 saturated carbocycles. The average molecular weight is 761 g/mol. The first-order chi connectivity index (χ1) is 22.9. The lowest BCUT2D eigenvalue weighted by molar-refractivity contribution is -0.298. The Hall–Kier alpha value is -5.80. The first kappa shape index (κ1) is 43.2. The average Bonchev–Trinajstić information content (AvgIpc) is 2.96. The molecule has 0 aliphatic carbocycles. The molecular formula is C23H20F9N5O14. The first-order valence-corrected chi connectivity index (χ1v) is 12.5. The summed E-state index contributed by atoms with van der Waals surface area (Å²) in [5.74, 6) is -22.0. The van der Waals surface area contributed by atoms with Crippen LogP contribution in [0.15, 0.2) is 24.5 Å². The van der Waals surface area contributed by atoms with E-state index in [9.17, 15) is 77.9 Å². The highest BCUT2D eigenvalue weighted by Crippen LogP contribution is 2.27. The van der Waals surface area contributed by atoms with E-state index in [0.717, 1.165) is 12.4 Å². The summed E-state index contributed by atoms with van der Waals surface area (Å²) in [5.41, 5.74) is 3.47. The number of alkyl halides is 9. The third-order valence-corrected chi connectivity index (χ3v) is 5.23. The van der Waals surface area contributed by atoms with Gasteiger partial charge in [0.2, 0.25) is 12.0 Å². The highest BCUT2D eigenvalue weighted by molar-refractivity contribution is 5.97. The lowest BCUT2D eigenvalue weighted by atomic mass is 10.1. The molecule has 0 aromatic carbocycles. The van der Waals surface area contributed by atoms with E-state index in [1.807, 2.05) is 0 Å². The van der Waals surface area contributed by atoms with Gasteiger partial charge in [0.1, 0.15) is 0 Å². The van der Waals surface area contributed by atoms with Crippen molar-refractivity contribution in [3.8, 4) is 0 Å². The molecule has 28 heteroatoms. The SMILES string of the molecule is C[C@](N)(OC(=O)C(F)(F)F)C(=O)O[C@@](N)(C(=O)OOC(=O)C(F)(F)F)C(OC(=O)[C@](C)(NC(=O)Cc1ccncc1)OC(=O)C(F)(F)F)C(N)=O. The van der Waals surface area contributed by atoms with Crippen molar-refractivity contribution in [2.24, 2.45) is 17.2 Å². The van der Waals surface area contributed by atoms with Crippen molar-refractivity contribution < 1.29 is 107 Å². The highest BCUT2D eigenvalue weighted by atomic mass is 19.4. The number of aromatic nitrogens is 1. The van der Waals surface area contributed by atoms with Crippen LogP contribution in [0.3, 0.4) is 0 Å². The molecule has 7 N–H and O–H groups in total. The number of pyridine rings is 1. The van der Waals surface area contributed by atoms with Crippen LogP contribution >= 0.6 is 0 Å². The van der Waals surface area contributed by atoms with Crippen molar-refractivity contribution in [2.45, 2.75) is 62.1 Å². The number of ether oxygens (including phenoxy) is 4. The van der Waals surface area contributed by atoms with Gasteiger partial charge in [-0.2, -0.15) is 39.5 Å². The Morgan fingerprint density at radius 1 is 0.686 bits per heavy atom. The molecule has 1 aromatic heterocycles. The predicted molar refractivity (Wildman–Crippen MR) is 132 cm³/mol. The summed E-state index contributed by atoms with van der Waals surface area (Å²) in [6.07, 6.45) is -20.1. The van der Waals surface area contributed by atoms with Crippen molar-refractivity contribution in [3.05, 3.63) is 30.1 Å². The molecule has 1 unspecified atom stereocenters. The van der Waals surface area contributed by atoms with Gasteiger partial charge in [-0.3, -0.25) is 26.0 Å². The Morgan fingerprint density at radius 2 is 1.14 bits per heavy atom. The molecule has 4 atom stereocenters. The van der Waals surface area contributed by atoms with Crippen LogP contribution in [0.25, 0.3) is 0 Å². The maximum atomic E-state index is 13.1. The number of hydrogen-bond donors (Lipinski definition) is 4. The molecule has 1 aromatic rings. The van der Waals surface area contributed by atoms with Crippen molar-refractivity contribution in [2.75, 3.05) is 0 Å². The summed E-state index contributed by atoms with van der Waals surface area (Å²) in [4.78, 5) is 107. The molecule has 19 nitrogen and oxygen atoms in total.